The highest BCUT2D eigenvalue weighted by Gasteiger charge is 2.19. The van der Waals surface area contributed by atoms with E-state index in [2.05, 4.69) is 29.2 Å². The SMILES string of the molecule is CCN(Cc1ccc(N(C)C)cc1)C(=O)c1ccc2c(c1)OCO2. The highest BCUT2D eigenvalue weighted by molar-refractivity contribution is 5.95. The van der Waals surface area contributed by atoms with E-state index in [9.17, 15) is 4.79 Å². The molecule has 1 heterocycles. The molecule has 1 aliphatic rings. The normalized spacial score (nSPS) is 12.1. The van der Waals surface area contributed by atoms with E-state index in [-0.39, 0.29) is 12.7 Å². The molecule has 0 radical (unpaired) electrons. The van der Waals surface area contributed by atoms with Crippen LogP contribution in [0, 0.1) is 0 Å². The van der Waals surface area contributed by atoms with Gasteiger partial charge in [0.15, 0.2) is 11.5 Å². The summed E-state index contributed by atoms with van der Waals surface area (Å²) in [5.74, 6) is 1.31. The zero-order chi connectivity index (χ0) is 17.1. The van der Waals surface area contributed by atoms with Crippen molar-refractivity contribution < 1.29 is 14.3 Å². The largest absolute Gasteiger partial charge is 0.454 e. The third-order valence-corrected chi connectivity index (χ3v) is 4.11. The van der Waals surface area contributed by atoms with E-state index >= 15 is 0 Å². The maximum absolute atomic E-state index is 12.8. The van der Waals surface area contributed by atoms with Gasteiger partial charge in [-0.3, -0.25) is 4.79 Å². The third-order valence-electron chi connectivity index (χ3n) is 4.11. The molecule has 0 fully saturated rings. The van der Waals surface area contributed by atoms with E-state index in [1.807, 2.05) is 25.9 Å². The summed E-state index contributed by atoms with van der Waals surface area (Å²) in [5, 5.41) is 0. The molecule has 2 aromatic carbocycles. The van der Waals surface area contributed by atoms with Crippen molar-refractivity contribution in [3.8, 4) is 11.5 Å². The molecule has 0 aromatic heterocycles. The first kappa shape index (κ1) is 16.2. The molecule has 0 bridgehead atoms. The molecule has 5 nitrogen and oxygen atoms in total. The lowest BCUT2D eigenvalue weighted by atomic mass is 10.1. The molecule has 0 unspecified atom stereocenters. The molecule has 0 N–H and O–H groups in total. The number of hydrogen-bond acceptors (Lipinski definition) is 4. The third kappa shape index (κ3) is 3.30. The highest BCUT2D eigenvalue weighted by Crippen LogP contribution is 2.32. The summed E-state index contributed by atoms with van der Waals surface area (Å²) in [6.07, 6.45) is 0. The molecule has 24 heavy (non-hydrogen) atoms. The van der Waals surface area contributed by atoms with Crippen molar-refractivity contribution in [1.82, 2.24) is 4.90 Å². The van der Waals surface area contributed by atoms with Gasteiger partial charge in [-0.25, -0.2) is 0 Å². The Labute approximate surface area is 142 Å². The molecule has 0 saturated carbocycles. The minimum absolute atomic E-state index is 0.00696. The molecule has 1 aliphatic heterocycles. The van der Waals surface area contributed by atoms with Crippen LogP contribution in [-0.4, -0.2) is 38.2 Å². The first-order chi connectivity index (χ1) is 11.6. The summed E-state index contributed by atoms with van der Waals surface area (Å²) in [4.78, 5) is 16.7. The van der Waals surface area contributed by atoms with Crippen LogP contribution >= 0.6 is 0 Å². The van der Waals surface area contributed by atoms with Crippen LogP contribution in [-0.2, 0) is 6.54 Å². The van der Waals surface area contributed by atoms with Gasteiger partial charge in [-0.2, -0.15) is 0 Å². The number of anilines is 1. The topological polar surface area (TPSA) is 42.0 Å². The first-order valence-corrected chi connectivity index (χ1v) is 8.03. The highest BCUT2D eigenvalue weighted by atomic mass is 16.7. The van der Waals surface area contributed by atoms with Crippen molar-refractivity contribution in [2.75, 3.05) is 32.3 Å². The van der Waals surface area contributed by atoms with E-state index in [0.717, 1.165) is 11.3 Å². The van der Waals surface area contributed by atoms with Crippen LogP contribution in [0.5, 0.6) is 11.5 Å². The maximum atomic E-state index is 12.8. The number of nitrogens with zero attached hydrogens (tertiary/aromatic N) is 2. The molecule has 3 rings (SSSR count). The molecular formula is C19H22N2O3. The quantitative estimate of drug-likeness (QED) is 0.846. The number of carbonyl (C=O) groups excluding carboxylic acids is 1. The summed E-state index contributed by atoms with van der Waals surface area (Å²) in [6, 6.07) is 13.6. The van der Waals surface area contributed by atoms with E-state index in [1.54, 1.807) is 18.2 Å². The number of fused-ring (bicyclic) bond motifs is 1. The second-order valence-corrected chi connectivity index (χ2v) is 5.95. The molecule has 1 amide bonds. The van der Waals surface area contributed by atoms with E-state index in [0.29, 0.717) is 30.2 Å². The molecule has 2 aromatic rings. The number of hydrogen-bond donors (Lipinski definition) is 0. The number of amides is 1. The molecule has 0 spiro atoms. The van der Waals surface area contributed by atoms with Gasteiger partial charge in [-0.15, -0.1) is 0 Å². The summed E-state index contributed by atoms with van der Waals surface area (Å²) < 4.78 is 10.7. The average Bonchev–Trinajstić information content (AvgIpc) is 3.07. The lowest BCUT2D eigenvalue weighted by Crippen LogP contribution is -2.30. The molecule has 0 saturated heterocycles. The van der Waals surface area contributed by atoms with Crippen molar-refractivity contribution in [2.45, 2.75) is 13.5 Å². The van der Waals surface area contributed by atoms with Crippen LogP contribution < -0.4 is 14.4 Å². The summed E-state index contributed by atoms with van der Waals surface area (Å²) in [5.41, 5.74) is 2.87. The van der Waals surface area contributed by atoms with Crippen LogP contribution in [0.1, 0.15) is 22.8 Å². The number of rotatable bonds is 5. The lowest BCUT2D eigenvalue weighted by molar-refractivity contribution is 0.0752. The zero-order valence-corrected chi connectivity index (χ0v) is 14.3. The zero-order valence-electron chi connectivity index (χ0n) is 14.3. The second-order valence-electron chi connectivity index (χ2n) is 5.95. The molecule has 126 valence electrons. The van der Waals surface area contributed by atoms with Gasteiger partial charge in [0.05, 0.1) is 0 Å². The van der Waals surface area contributed by atoms with Gasteiger partial charge in [0.1, 0.15) is 0 Å². The van der Waals surface area contributed by atoms with E-state index in [1.165, 1.54) is 0 Å². The standard InChI is InChI=1S/C19H22N2O3/c1-4-21(12-14-5-8-16(9-6-14)20(2)3)19(22)15-7-10-17-18(11-15)24-13-23-17/h5-11H,4,12-13H2,1-3H3. The van der Waals surface area contributed by atoms with Gasteiger partial charge >= 0.3 is 0 Å². The summed E-state index contributed by atoms with van der Waals surface area (Å²) in [7, 11) is 4.02. The Morgan fingerprint density at radius 1 is 1.04 bits per heavy atom. The van der Waals surface area contributed by atoms with Gasteiger partial charge in [-0.05, 0) is 42.8 Å². The maximum Gasteiger partial charge on any atom is 0.254 e. The lowest BCUT2D eigenvalue weighted by Gasteiger charge is -2.22. The van der Waals surface area contributed by atoms with Crippen molar-refractivity contribution in [3.05, 3.63) is 53.6 Å². The predicted molar refractivity (Wildman–Crippen MR) is 93.7 cm³/mol. The minimum atomic E-state index is -0.00696. The van der Waals surface area contributed by atoms with Gasteiger partial charge in [0.25, 0.3) is 5.91 Å². The van der Waals surface area contributed by atoms with Crippen LogP contribution in [0.15, 0.2) is 42.5 Å². The first-order valence-electron chi connectivity index (χ1n) is 8.03. The Hall–Kier alpha value is -2.69. The van der Waals surface area contributed by atoms with Crippen molar-refractivity contribution in [2.24, 2.45) is 0 Å². The molecule has 5 heteroatoms. The summed E-state index contributed by atoms with van der Waals surface area (Å²) in [6.45, 7) is 3.42. The van der Waals surface area contributed by atoms with Crippen LogP contribution in [0.25, 0.3) is 0 Å². The Bertz CT molecular complexity index is 726. The second kappa shape index (κ2) is 6.83. The summed E-state index contributed by atoms with van der Waals surface area (Å²) >= 11 is 0. The van der Waals surface area contributed by atoms with Gasteiger partial charge in [0, 0.05) is 38.4 Å². The number of ether oxygens (including phenoxy) is 2. The van der Waals surface area contributed by atoms with Gasteiger partial charge in [0.2, 0.25) is 6.79 Å². The average molecular weight is 326 g/mol. The molecule has 0 aliphatic carbocycles. The Kier molecular flexibility index (Phi) is 4.60. The van der Waals surface area contributed by atoms with Gasteiger partial charge < -0.3 is 19.3 Å². The number of carbonyl (C=O) groups is 1. The fourth-order valence-corrected chi connectivity index (χ4v) is 2.66. The molecule has 0 atom stereocenters. The van der Waals surface area contributed by atoms with Crippen molar-refractivity contribution in [1.29, 1.82) is 0 Å². The fourth-order valence-electron chi connectivity index (χ4n) is 2.66. The number of benzene rings is 2. The predicted octanol–water partition coefficient (Wildman–Crippen LogP) is 3.14. The minimum Gasteiger partial charge on any atom is -0.454 e. The van der Waals surface area contributed by atoms with E-state index < -0.39 is 0 Å². The Balaban J connectivity index is 1.74. The van der Waals surface area contributed by atoms with Crippen LogP contribution in [0.4, 0.5) is 5.69 Å². The van der Waals surface area contributed by atoms with Crippen molar-refractivity contribution in [3.63, 3.8) is 0 Å². The smallest absolute Gasteiger partial charge is 0.254 e. The van der Waals surface area contributed by atoms with E-state index in [4.69, 9.17) is 9.47 Å². The monoisotopic (exact) mass is 326 g/mol. The Morgan fingerprint density at radius 2 is 1.75 bits per heavy atom. The van der Waals surface area contributed by atoms with Crippen LogP contribution in [0.2, 0.25) is 0 Å². The van der Waals surface area contributed by atoms with Crippen molar-refractivity contribution >= 4 is 11.6 Å². The molecular weight excluding hydrogens is 304 g/mol. The Morgan fingerprint density at radius 3 is 2.42 bits per heavy atom. The van der Waals surface area contributed by atoms with Crippen LogP contribution in [0.3, 0.4) is 0 Å². The fraction of sp³-hybridized carbons (Fsp3) is 0.316. The van der Waals surface area contributed by atoms with Gasteiger partial charge in [-0.1, -0.05) is 12.1 Å².